The van der Waals surface area contributed by atoms with Gasteiger partial charge in [-0.15, -0.1) is 0 Å². The number of methoxy groups -OCH3 is 1. The molecule has 78 valence electrons. The van der Waals surface area contributed by atoms with E-state index in [0.29, 0.717) is 5.92 Å². The van der Waals surface area contributed by atoms with Crippen molar-refractivity contribution in [1.29, 1.82) is 0 Å². The lowest BCUT2D eigenvalue weighted by atomic mass is 10.1. The molecular weight excluding hydrogens is 186 g/mol. The standard InChI is InChI=1S/C9H19NO2S/c1-12-4-5-13-8(6-11)9(10)7-2-3-7/h7-9,11H,2-6,10H2,1H3. The van der Waals surface area contributed by atoms with Crippen molar-refractivity contribution in [2.75, 3.05) is 26.1 Å². The Hall–Kier alpha value is 0.230. The molecule has 0 aromatic carbocycles. The minimum Gasteiger partial charge on any atom is -0.395 e. The number of hydrogen-bond donors (Lipinski definition) is 2. The zero-order chi connectivity index (χ0) is 9.68. The number of thioether (sulfide) groups is 1. The van der Waals surface area contributed by atoms with Gasteiger partial charge in [-0.25, -0.2) is 0 Å². The molecule has 0 radical (unpaired) electrons. The van der Waals surface area contributed by atoms with Crippen molar-refractivity contribution in [3.8, 4) is 0 Å². The first-order chi connectivity index (χ1) is 6.29. The van der Waals surface area contributed by atoms with Gasteiger partial charge in [0.25, 0.3) is 0 Å². The van der Waals surface area contributed by atoms with Gasteiger partial charge in [-0.3, -0.25) is 0 Å². The third-order valence-corrected chi connectivity index (χ3v) is 3.69. The quantitative estimate of drug-likeness (QED) is 0.593. The average Bonchev–Trinajstić information content (AvgIpc) is 2.94. The van der Waals surface area contributed by atoms with Gasteiger partial charge in [-0.1, -0.05) is 0 Å². The van der Waals surface area contributed by atoms with E-state index in [1.807, 2.05) is 0 Å². The summed E-state index contributed by atoms with van der Waals surface area (Å²) >= 11 is 1.72. The fraction of sp³-hybridized carbons (Fsp3) is 1.00. The van der Waals surface area contributed by atoms with Gasteiger partial charge >= 0.3 is 0 Å². The minimum atomic E-state index is 0.173. The zero-order valence-electron chi connectivity index (χ0n) is 8.11. The van der Waals surface area contributed by atoms with Crippen LogP contribution in [0.2, 0.25) is 0 Å². The monoisotopic (exact) mass is 205 g/mol. The van der Waals surface area contributed by atoms with Crippen molar-refractivity contribution in [3.05, 3.63) is 0 Å². The van der Waals surface area contributed by atoms with E-state index in [1.54, 1.807) is 18.9 Å². The average molecular weight is 205 g/mol. The molecule has 2 unspecified atom stereocenters. The van der Waals surface area contributed by atoms with Gasteiger partial charge in [0, 0.05) is 24.2 Å². The van der Waals surface area contributed by atoms with E-state index >= 15 is 0 Å². The molecule has 1 rings (SSSR count). The van der Waals surface area contributed by atoms with Crippen molar-refractivity contribution < 1.29 is 9.84 Å². The van der Waals surface area contributed by atoms with E-state index in [0.717, 1.165) is 12.4 Å². The number of nitrogens with two attached hydrogens (primary N) is 1. The van der Waals surface area contributed by atoms with Crippen LogP contribution in [0.3, 0.4) is 0 Å². The van der Waals surface area contributed by atoms with Crippen molar-refractivity contribution in [2.24, 2.45) is 11.7 Å². The summed E-state index contributed by atoms with van der Waals surface area (Å²) in [6.45, 7) is 0.921. The molecule has 1 aliphatic carbocycles. The van der Waals surface area contributed by atoms with Gasteiger partial charge < -0.3 is 15.6 Å². The molecule has 3 N–H and O–H groups in total. The van der Waals surface area contributed by atoms with Crippen LogP contribution in [-0.2, 0) is 4.74 Å². The highest BCUT2D eigenvalue weighted by Gasteiger charge is 2.33. The molecule has 1 fully saturated rings. The Kier molecular flexibility index (Phi) is 5.09. The summed E-state index contributed by atoms with van der Waals surface area (Å²) in [6, 6.07) is 0.173. The molecule has 1 saturated carbocycles. The topological polar surface area (TPSA) is 55.5 Å². The van der Waals surface area contributed by atoms with Crippen LogP contribution >= 0.6 is 11.8 Å². The first-order valence-electron chi connectivity index (χ1n) is 4.76. The normalized spacial score (nSPS) is 21.5. The maximum Gasteiger partial charge on any atom is 0.0565 e. The fourth-order valence-corrected chi connectivity index (χ4v) is 2.47. The van der Waals surface area contributed by atoms with Gasteiger partial charge in [0.15, 0.2) is 0 Å². The minimum absolute atomic E-state index is 0.173. The highest BCUT2D eigenvalue weighted by molar-refractivity contribution is 8.00. The smallest absolute Gasteiger partial charge is 0.0565 e. The molecule has 1 aliphatic rings. The number of aliphatic hydroxyl groups excluding tert-OH is 1. The third kappa shape index (κ3) is 3.85. The van der Waals surface area contributed by atoms with Crippen LogP contribution in [0.15, 0.2) is 0 Å². The molecule has 0 heterocycles. The summed E-state index contributed by atoms with van der Waals surface area (Å²) in [5.41, 5.74) is 5.99. The van der Waals surface area contributed by atoms with Crippen LogP contribution in [0.5, 0.6) is 0 Å². The summed E-state index contributed by atoms with van der Waals surface area (Å²) in [5, 5.41) is 9.33. The van der Waals surface area contributed by atoms with Crippen LogP contribution in [0.25, 0.3) is 0 Å². The molecule has 0 amide bonds. The fourth-order valence-electron chi connectivity index (χ4n) is 1.35. The Labute approximate surface area is 84.0 Å². The van der Waals surface area contributed by atoms with Gasteiger partial charge in [0.05, 0.1) is 13.2 Å². The van der Waals surface area contributed by atoms with Crippen molar-refractivity contribution in [3.63, 3.8) is 0 Å². The highest BCUT2D eigenvalue weighted by atomic mass is 32.2. The van der Waals surface area contributed by atoms with Crippen LogP contribution in [0, 0.1) is 5.92 Å². The molecule has 0 aromatic heterocycles. The molecule has 0 aliphatic heterocycles. The Morgan fingerprint density at radius 3 is 2.77 bits per heavy atom. The lowest BCUT2D eigenvalue weighted by molar-refractivity contribution is 0.218. The largest absolute Gasteiger partial charge is 0.395 e. The summed E-state index contributed by atoms with van der Waals surface area (Å²) in [4.78, 5) is 0. The van der Waals surface area contributed by atoms with Crippen molar-refractivity contribution >= 4 is 11.8 Å². The van der Waals surface area contributed by atoms with Crippen LogP contribution in [0.1, 0.15) is 12.8 Å². The Bertz CT molecular complexity index is 142. The van der Waals surface area contributed by atoms with E-state index in [9.17, 15) is 0 Å². The molecule has 2 atom stereocenters. The lowest BCUT2D eigenvalue weighted by Gasteiger charge is -2.20. The number of rotatable bonds is 7. The highest BCUT2D eigenvalue weighted by Crippen LogP contribution is 2.35. The third-order valence-electron chi connectivity index (χ3n) is 2.39. The number of hydrogen-bond acceptors (Lipinski definition) is 4. The second-order valence-corrected chi connectivity index (χ2v) is 4.85. The molecule has 0 bridgehead atoms. The van der Waals surface area contributed by atoms with Gasteiger partial charge in [-0.2, -0.15) is 11.8 Å². The summed E-state index contributed by atoms with van der Waals surface area (Å²) < 4.78 is 4.95. The van der Waals surface area contributed by atoms with Crippen molar-refractivity contribution in [1.82, 2.24) is 0 Å². The van der Waals surface area contributed by atoms with E-state index in [2.05, 4.69) is 0 Å². The lowest BCUT2D eigenvalue weighted by Crippen LogP contribution is -2.37. The number of aliphatic hydroxyl groups is 1. The van der Waals surface area contributed by atoms with Crippen LogP contribution < -0.4 is 5.73 Å². The molecule has 0 spiro atoms. The van der Waals surface area contributed by atoms with Crippen LogP contribution in [0.4, 0.5) is 0 Å². The van der Waals surface area contributed by atoms with Gasteiger partial charge in [0.1, 0.15) is 0 Å². The van der Waals surface area contributed by atoms with Gasteiger partial charge in [0.2, 0.25) is 0 Å². The predicted molar refractivity (Wildman–Crippen MR) is 55.9 cm³/mol. The first kappa shape index (κ1) is 11.3. The Morgan fingerprint density at radius 1 is 1.62 bits per heavy atom. The Morgan fingerprint density at radius 2 is 2.31 bits per heavy atom. The van der Waals surface area contributed by atoms with E-state index < -0.39 is 0 Å². The molecule has 3 nitrogen and oxygen atoms in total. The molecule has 4 heteroatoms. The maximum absolute atomic E-state index is 9.13. The predicted octanol–water partition coefficient (Wildman–Crippen LogP) is 0.464. The zero-order valence-corrected chi connectivity index (χ0v) is 8.93. The molecule has 0 saturated heterocycles. The van der Waals surface area contributed by atoms with E-state index in [1.165, 1.54) is 12.8 Å². The Balaban J connectivity index is 2.16. The first-order valence-corrected chi connectivity index (χ1v) is 5.81. The maximum atomic E-state index is 9.13. The SMILES string of the molecule is COCCSC(CO)C(N)C1CC1. The summed E-state index contributed by atoms with van der Waals surface area (Å²) in [6.07, 6.45) is 2.48. The number of ether oxygens (including phenoxy) is 1. The molecule has 0 aromatic rings. The summed E-state index contributed by atoms with van der Waals surface area (Å²) in [5.74, 6) is 1.58. The van der Waals surface area contributed by atoms with Crippen molar-refractivity contribution in [2.45, 2.75) is 24.1 Å². The summed E-state index contributed by atoms with van der Waals surface area (Å²) in [7, 11) is 1.69. The van der Waals surface area contributed by atoms with E-state index in [-0.39, 0.29) is 17.9 Å². The second-order valence-electron chi connectivity index (χ2n) is 3.50. The molecule has 13 heavy (non-hydrogen) atoms. The van der Waals surface area contributed by atoms with Crippen LogP contribution in [-0.4, -0.2) is 42.5 Å². The molecular formula is C9H19NO2S. The second kappa shape index (κ2) is 5.86. The van der Waals surface area contributed by atoms with E-state index in [4.69, 9.17) is 15.6 Å². The van der Waals surface area contributed by atoms with Gasteiger partial charge in [-0.05, 0) is 18.8 Å².